The zero-order valence-electron chi connectivity index (χ0n) is 10.7. The lowest BCUT2D eigenvalue weighted by molar-refractivity contribution is 0.0656. The Morgan fingerprint density at radius 2 is 2.05 bits per heavy atom. The maximum atomic E-state index is 12.1. The van der Waals surface area contributed by atoms with E-state index in [0.717, 1.165) is 29.9 Å². The third-order valence-electron chi connectivity index (χ3n) is 3.00. The summed E-state index contributed by atoms with van der Waals surface area (Å²) in [5, 5.41) is 8.29. The smallest absolute Gasteiger partial charge is 0.371 e. The summed E-state index contributed by atoms with van der Waals surface area (Å²) in [5.74, 6) is -1.02. The number of aromatic carboxylic acids is 1. The van der Waals surface area contributed by atoms with E-state index in [9.17, 15) is 13.2 Å². The molecule has 1 aromatic heterocycles. The van der Waals surface area contributed by atoms with Crippen LogP contribution in [0.3, 0.4) is 0 Å². The molecular formula is C13H11NO6S. The van der Waals surface area contributed by atoms with Gasteiger partial charge in [0.1, 0.15) is 5.75 Å². The number of ether oxygens (including phenoxy) is 1. The summed E-state index contributed by atoms with van der Waals surface area (Å²) in [6.45, 7) is 0.575. The van der Waals surface area contributed by atoms with Crippen LogP contribution in [0.1, 0.15) is 16.1 Å². The molecule has 2 heterocycles. The second-order valence-electron chi connectivity index (χ2n) is 4.45. The molecule has 1 aliphatic heterocycles. The Labute approximate surface area is 120 Å². The van der Waals surface area contributed by atoms with E-state index in [0.29, 0.717) is 12.3 Å². The van der Waals surface area contributed by atoms with Gasteiger partial charge in [0, 0.05) is 12.1 Å². The number of hydrogen-bond acceptors (Lipinski definition) is 5. The van der Waals surface area contributed by atoms with E-state index >= 15 is 0 Å². The second kappa shape index (κ2) is 4.81. The molecule has 0 bridgehead atoms. The van der Waals surface area contributed by atoms with E-state index in [1.165, 1.54) is 0 Å². The molecule has 0 saturated carbocycles. The Bertz CT molecular complexity index is 808. The summed E-state index contributed by atoms with van der Waals surface area (Å²) < 4.78 is 36.7. The monoisotopic (exact) mass is 309 g/mol. The summed E-state index contributed by atoms with van der Waals surface area (Å²) in [7, 11) is -3.96. The number of sulfonamides is 1. The highest BCUT2D eigenvalue weighted by molar-refractivity contribution is 7.92. The highest BCUT2D eigenvalue weighted by atomic mass is 32.2. The minimum absolute atomic E-state index is 0.368. The third kappa shape index (κ3) is 2.57. The predicted octanol–water partition coefficient (Wildman–Crippen LogP) is 1.71. The molecule has 110 valence electrons. The highest BCUT2D eigenvalue weighted by Gasteiger charge is 2.22. The number of rotatable bonds is 4. The predicted molar refractivity (Wildman–Crippen MR) is 72.1 cm³/mol. The van der Waals surface area contributed by atoms with E-state index in [1.54, 1.807) is 18.2 Å². The lowest BCUT2D eigenvalue weighted by atomic mass is 10.1. The average molecular weight is 309 g/mol. The largest absolute Gasteiger partial charge is 0.493 e. The first-order valence-electron chi connectivity index (χ1n) is 6.07. The van der Waals surface area contributed by atoms with Crippen LogP contribution in [0.4, 0.5) is 5.69 Å². The number of nitrogens with one attached hydrogen (secondary N) is 1. The van der Waals surface area contributed by atoms with Crippen LogP contribution < -0.4 is 9.46 Å². The molecule has 0 unspecified atom stereocenters. The Hall–Kier alpha value is -2.48. The maximum absolute atomic E-state index is 12.1. The first kappa shape index (κ1) is 13.5. The number of anilines is 1. The van der Waals surface area contributed by atoms with E-state index in [-0.39, 0.29) is 0 Å². The molecule has 0 saturated heterocycles. The number of hydrogen-bond donors (Lipinski definition) is 2. The number of carboxylic acids is 1. The minimum atomic E-state index is -3.96. The Kier molecular flexibility index (Phi) is 3.09. The fraction of sp³-hybridized carbons (Fsp3) is 0.154. The standard InChI is InChI=1S/C13H11NO6S/c15-13(16)11-3-4-12(20-11)21(17,18)14-9-1-2-10-8(7-9)5-6-19-10/h1-4,7,14H,5-6H2,(H,15,16). The molecule has 2 N–H and O–H groups in total. The van der Waals surface area contributed by atoms with Crippen LogP contribution in [0.25, 0.3) is 0 Å². The molecule has 8 heteroatoms. The zero-order chi connectivity index (χ0) is 15.0. The van der Waals surface area contributed by atoms with Gasteiger partial charge in [-0.05, 0) is 35.9 Å². The van der Waals surface area contributed by atoms with Gasteiger partial charge >= 0.3 is 5.97 Å². The van der Waals surface area contributed by atoms with Gasteiger partial charge in [0.25, 0.3) is 10.0 Å². The van der Waals surface area contributed by atoms with Gasteiger partial charge in [-0.1, -0.05) is 0 Å². The van der Waals surface area contributed by atoms with Gasteiger partial charge in [-0.2, -0.15) is 8.42 Å². The van der Waals surface area contributed by atoms with E-state index in [2.05, 4.69) is 4.72 Å². The zero-order valence-corrected chi connectivity index (χ0v) is 11.5. The molecule has 1 aliphatic rings. The van der Waals surface area contributed by atoms with Crippen molar-refractivity contribution < 1.29 is 27.5 Å². The van der Waals surface area contributed by atoms with Gasteiger partial charge in [-0.3, -0.25) is 4.72 Å². The summed E-state index contributed by atoms with van der Waals surface area (Å²) in [6, 6.07) is 7.13. The molecule has 7 nitrogen and oxygen atoms in total. The lowest BCUT2D eigenvalue weighted by Crippen LogP contribution is -2.12. The van der Waals surface area contributed by atoms with Crippen molar-refractivity contribution in [3.05, 3.63) is 41.7 Å². The SMILES string of the molecule is O=C(O)c1ccc(S(=O)(=O)Nc2ccc3c(c2)CCO3)o1. The lowest BCUT2D eigenvalue weighted by Gasteiger charge is -2.07. The third-order valence-corrected chi connectivity index (χ3v) is 4.25. The molecule has 0 fully saturated rings. The fourth-order valence-corrected chi connectivity index (χ4v) is 3.02. The average Bonchev–Trinajstić information content (AvgIpc) is 3.07. The molecule has 0 amide bonds. The molecule has 0 radical (unpaired) electrons. The molecule has 0 atom stereocenters. The van der Waals surface area contributed by atoms with Crippen LogP contribution in [-0.2, 0) is 16.4 Å². The van der Waals surface area contributed by atoms with Crippen LogP contribution in [0.5, 0.6) is 5.75 Å². The van der Waals surface area contributed by atoms with Gasteiger partial charge in [-0.15, -0.1) is 0 Å². The van der Waals surface area contributed by atoms with Gasteiger partial charge in [-0.25, -0.2) is 4.79 Å². The van der Waals surface area contributed by atoms with Crippen molar-refractivity contribution in [1.82, 2.24) is 0 Å². The Morgan fingerprint density at radius 3 is 2.76 bits per heavy atom. The molecule has 2 aromatic rings. The second-order valence-corrected chi connectivity index (χ2v) is 6.06. The van der Waals surface area contributed by atoms with Crippen molar-refractivity contribution in [3.63, 3.8) is 0 Å². The summed E-state index contributed by atoms with van der Waals surface area (Å²) in [5.41, 5.74) is 1.29. The van der Waals surface area contributed by atoms with Gasteiger partial charge in [0.15, 0.2) is 0 Å². The number of fused-ring (bicyclic) bond motifs is 1. The van der Waals surface area contributed by atoms with E-state index in [4.69, 9.17) is 14.3 Å². The van der Waals surface area contributed by atoms with Crippen molar-refractivity contribution in [2.24, 2.45) is 0 Å². The molecule has 21 heavy (non-hydrogen) atoms. The molecule has 0 spiro atoms. The van der Waals surface area contributed by atoms with Gasteiger partial charge < -0.3 is 14.3 Å². The van der Waals surface area contributed by atoms with Crippen molar-refractivity contribution >= 4 is 21.7 Å². The first-order chi connectivity index (χ1) is 9.95. The number of benzene rings is 1. The number of carboxylic acid groups (broad SMARTS) is 1. The number of furan rings is 1. The van der Waals surface area contributed by atoms with Crippen molar-refractivity contribution in [1.29, 1.82) is 0 Å². The van der Waals surface area contributed by atoms with Crippen LogP contribution in [0.15, 0.2) is 39.8 Å². The van der Waals surface area contributed by atoms with Crippen LogP contribution in [0.2, 0.25) is 0 Å². The summed E-state index contributed by atoms with van der Waals surface area (Å²) in [6.07, 6.45) is 0.717. The molecular weight excluding hydrogens is 298 g/mol. The first-order valence-corrected chi connectivity index (χ1v) is 7.56. The normalized spacial score (nSPS) is 13.5. The summed E-state index contributed by atoms with van der Waals surface area (Å²) in [4.78, 5) is 10.7. The van der Waals surface area contributed by atoms with Crippen LogP contribution in [-0.4, -0.2) is 26.1 Å². The maximum Gasteiger partial charge on any atom is 0.371 e. The summed E-state index contributed by atoms with van der Waals surface area (Å²) >= 11 is 0. The van der Waals surface area contributed by atoms with Crippen LogP contribution >= 0.6 is 0 Å². The van der Waals surface area contributed by atoms with Gasteiger partial charge in [0.05, 0.1) is 6.61 Å². The van der Waals surface area contributed by atoms with Crippen molar-refractivity contribution in [3.8, 4) is 5.75 Å². The van der Waals surface area contributed by atoms with E-state index < -0.39 is 26.8 Å². The molecule has 3 rings (SSSR count). The van der Waals surface area contributed by atoms with E-state index in [1.807, 2.05) is 0 Å². The van der Waals surface area contributed by atoms with Crippen molar-refractivity contribution in [2.75, 3.05) is 11.3 Å². The Balaban J connectivity index is 1.87. The fourth-order valence-electron chi connectivity index (χ4n) is 2.04. The van der Waals surface area contributed by atoms with Crippen molar-refractivity contribution in [2.45, 2.75) is 11.5 Å². The molecule has 0 aliphatic carbocycles. The number of carbonyl (C=O) groups is 1. The quantitative estimate of drug-likeness (QED) is 0.890. The minimum Gasteiger partial charge on any atom is -0.493 e. The highest BCUT2D eigenvalue weighted by Crippen LogP contribution is 2.29. The molecule has 1 aromatic carbocycles. The topological polar surface area (TPSA) is 106 Å². The van der Waals surface area contributed by atoms with Gasteiger partial charge in [0.2, 0.25) is 10.9 Å². The van der Waals surface area contributed by atoms with Crippen LogP contribution in [0, 0.1) is 0 Å². The Morgan fingerprint density at radius 1 is 1.24 bits per heavy atom.